The minimum Gasteiger partial charge on any atom is -0.465 e. The van der Waals surface area contributed by atoms with Crippen molar-refractivity contribution >= 4 is 0 Å². The summed E-state index contributed by atoms with van der Waals surface area (Å²) in [4.78, 5) is 2.47. The number of morpholine rings is 1. The third kappa shape index (κ3) is 4.83. The van der Waals surface area contributed by atoms with Crippen LogP contribution >= 0.6 is 0 Å². The van der Waals surface area contributed by atoms with Crippen LogP contribution in [0.1, 0.15) is 51.2 Å². The first-order valence-electron chi connectivity index (χ1n) is 8.04. The van der Waals surface area contributed by atoms with Crippen molar-refractivity contribution < 1.29 is 9.15 Å². The number of nitrogens with zero attached hydrogens (tertiary/aromatic N) is 1. The monoisotopic (exact) mass is 294 g/mol. The molecule has 0 aromatic carbocycles. The molecule has 0 spiro atoms. The molecule has 1 aliphatic heterocycles. The fourth-order valence-electron chi connectivity index (χ4n) is 2.67. The van der Waals surface area contributed by atoms with Crippen LogP contribution in [0.15, 0.2) is 10.5 Å². The predicted molar refractivity (Wildman–Crippen MR) is 85.3 cm³/mol. The summed E-state index contributed by atoms with van der Waals surface area (Å²) in [5.74, 6) is 2.10. The van der Waals surface area contributed by atoms with Crippen LogP contribution in [-0.2, 0) is 17.8 Å². The quantitative estimate of drug-likeness (QED) is 0.905. The second-order valence-corrected chi connectivity index (χ2v) is 7.01. The van der Waals surface area contributed by atoms with Gasteiger partial charge in [-0.25, -0.2) is 0 Å². The molecule has 0 aliphatic carbocycles. The van der Waals surface area contributed by atoms with Crippen molar-refractivity contribution in [1.82, 2.24) is 10.2 Å². The molecule has 1 saturated heterocycles. The zero-order chi connectivity index (χ0) is 15.5. The van der Waals surface area contributed by atoms with E-state index in [-0.39, 0.29) is 5.54 Å². The minimum atomic E-state index is 0.126. The highest BCUT2D eigenvalue weighted by molar-refractivity contribution is 5.21. The topological polar surface area (TPSA) is 37.6 Å². The van der Waals surface area contributed by atoms with E-state index >= 15 is 0 Å². The highest BCUT2D eigenvalue weighted by Crippen LogP contribution is 2.20. The molecule has 1 aliphatic rings. The smallest absolute Gasteiger partial charge is 0.118 e. The maximum Gasteiger partial charge on any atom is 0.118 e. The van der Waals surface area contributed by atoms with E-state index in [0.717, 1.165) is 50.8 Å². The number of nitrogens with one attached hydrogen (secondary N) is 1. The molecule has 2 rings (SSSR count). The van der Waals surface area contributed by atoms with Gasteiger partial charge in [-0.2, -0.15) is 0 Å². The van der Waals surface area contributed by atoms with Crippen molar-refractivity contribution in [3.05, 3.63) is 23.2 Å². The summed E-state index contributed by atoms with van der Waals surface area (Å²) in [7, 11) is 0. The molecule has 4 nitrogen and oxygen atoms in total. The number of hydrogen-bond donors (Lipinski definition) is 1. The normalized spacial score (nSPS) is 20.9. The molecule has 120 valence electrons. The van der Waals surface area contributed by atoms with Crippen molar-refractivity contribution in [3.8, 4) is 0 Å². The van der Waals surface area contributed by atoms with Crippen molar-refractivity contribution in [1.29, 1.82) is 0 Å². The maximum absolute atomic E-state index is 5.95. The largest absolute Gasteiger partial charge is 0.465 e. The predicted octanol–water partition coefficient (Wildman–Crippen LogP) is 3.09. The van der Waals surface area contributed by atoms with Crippen LogP contribution in [-0.4, -0.2) is 36.2 Å². The highest BCUT2D eigenvalue weighted by atomic mass is 16.5. The van der Waals surface area contributed by atoms with Crippen molar-refractivity contribution in [2.24, 2.45) is 0 Å². The van der Waals surface area contributed by atoms with Gasteiger partial charge in [-0.1, -0.05) is 6.92 Å². The van der Waals surface area contributed by atoms with Gasteiger partial charge in [0, 0.05) is 30.2 Å². The van der Waals surface area contributed by atoms with E-state index in [1.807, 2.05) is 0 Å². The summed E-state index contributed by atoms with van der Waals surface area (Å²) >= 11 is 0. The first kappa shape index (κ1) is 16.5. The van der Waals surface area contributed by atoms with Crippen LogP contribution < -0.4 is 5.32 Å². The lowest BCUT2D eigenvalue weighted by Gasteiger charge is -2.34. The molecule has 1 fully saturated rings. The summed E-state index contributed by atoms with van der Waals surface area (Å²) in [6.07, 6.45) is 1.12. The molecule has 1 atom stereocenters. The van der Waals surface area contributed by atoms with Gasteiger partial charge >= 0.3 is 0 Å². The SMILES string of the molecule is CCC1COCCN1Cc1cc(CNC(C)(C)C)c(C)o1. The second kappa shape index (κ2) is 6.95. The molecule has 1 unspecified atom stereocenters. The average Bonchev–Trinajstić information content (AvgIpc) is 2.76. The second-order valence-electron chi connectivity index (χ2n) is 7.01. The molecule has 0 radical (unpaired) electrons. The van der Waals surface area contributed by atoms with E-state index in [2.05, 4.69) is 50.9 Å². The Morgan fingerprint density at radius 3 is 2.81 bits per heavy atom. The molecular weight excluding hydrogens is 264 g/mol. The zero-order valence-corrected chi connectivity index (χ0v) is 14.2. The molecular formula is C17H30N2O2. The molecule has 0 amide bonds. The molecule has 4 heteroatoms. The van der Waals surface area contributed by atoms with Gasteiger partial charge in [-0.3, -0.25) is 4.90 Å². The summed E-state index contributed by atoms with van der Waals surface area (Å²) in [6, 6.07) is 2.72. The summed E-state index contributed by atoms with van der Waals surface area (Å²) in [5, 5.41) is 3.52. The Hall–Kier alpha value is -0.840. The van der Waals surface area contributed by atoms with Gasteiger partial charge in [0.2, 0.25) is 0 Å². The Kier molecular flexibility index (Phi) is 5.47. The lowest BCUT2D eigenvalue weighted by atomic mass is 10.1. The Labute approximate surface area is 128 Å². The number of furan rings is 1. The van der Waals surface area contributed by atoms with E-state index in [1.165, 1.54) is 5.56 Å². The fourth-order valence-corrected chi connectivity index (χ4v) is 2.67. The van der Waals surface area contributed by atoms with Gasteiger partial charge in [-0.05, 0) is 40.2 Å². The van der Waals surface area contributed by atoms with E-state index in [4.69, 9.17) is 9.15 Å². The maximum atomic E-state index is 5.95. The van der Waals surface area contributed by atoms with E-state index < -0.39 is 0 Å². The Morgan fingerprint density at radius 2 is 2.14 bits per heavy atom. The number of hydrogen-bond acceptors (Lipinski definition) is 4. The molecule has 1 N–H and O–H groups in total. The zero-order valence-electron chi connectivity index (χ0n) is 14.2. The Balaban J connectivity index is 1.97. The minimum absolute atomic E-state index is 0.126. The average molecular weight is 294 g/mol. The van der Waals surface area contributed by atoms with Crippen LogP contribution in [0.3, 0.4) is 0 Å². The van der Waals surface area contributed by atoms with E-state index in [9.17, 15) is 0 Å². The summed E-state index contributed by atoms with van der Waals surface area (Å²) in [6.45, 7) is 15.2. The van der Waals surface area contributed by atoms with E-state index in [1.54, 1.807) is 0 Å². The van der Waals surface area contributed by atoms with Gasteiger partial charge < -0.3 is 14.5 Å². The summed E-state index contributed by atoms with van der Waals surface area (Å²) < 4.78 is 11.5. The molecule has 2 heterocycles. The van der Waals surface area contributed by atoms with Crippen LogP contribution in [0.5, 0.6) is 0 Å². The lowest BCUT2D eigenvalue weighted by molar-refractivity contribution is -0.0154. The molecule has 0 saturated carbocycles. The summed E-state index contributed by atoms with van der Waals surface area (Å²) in [5.41, 5.74) is 1.39. The van der Waals surface area contributed by atoms with Gasteiger partial charge in [-0.15, -0.1) is 0 Å². The lowest BCUT2D eigenvalue weighted by Crippen LogP contribution is -2.44. The Bertz CT molecular complexity index is 448. The van der Waals surface area contributed by atoms with Gasteiger partial charge in [0.15, 0.2) is 0 Å². The first-order valence-corrected chi connectivity index (χ1v) is 8.04. The molecule has 1 aromatic rings. The Morgan fingerprint density at radius 1 is 1.38 bits per heavy atom. The number of rotatable bonds is 5. The van der Waals surface area contributed by atoms with E-state index in [0.29, 0.717) is 6.04 Å². The van der Waals surface area contributed by atoms with Gasteiger partial charge in [0.25, 0.3) is 0 Å². The number of aryl methyl sites for hydroxylation is 1. The first-order chi connectivity index (χ1) is 9.89. The molecule has 1 aromatic heterocycles. The third-order valence-electron chi connectivity index (χ3n) is 4.06. The highest BCUT2D eigenvalue weighted by Gasteiger charge is 2.23. The number of ether oxygens (including phenoxy) is 1. The van der Waals surface area contributed by atoms with Gasteiger partial charge in [0.05, 0.1) is 19.8 Å². The van der Waals surface area contributed by atoms with Crippen molar-refractivity contribution in [2.45, 2.75) is 65.7 Å². The van der Waals surface area contributed by atoms with Crippen LogP contribution in [0, 0.1) is 6.92 Å². The van der Waals surface area contributed by atoms with Crippen LogP contribution in [0.2, 0.25) is 0 Å². The molecule has 21 heavy (non-hydrogen) atoms. The third-order valence-corrected chi connectivity index (χ3v) is 4.06. The van der Waals surface area contributed by atoms with Crippen LogP contribution in [0.25, 0.3) is 0 Å². The fraction of sp³-hybridized carbons (Fsp3) is 0.765. The van der Waals surface area contributed by atoms with Crippen LogP contribution in [0.4, 0.5) is 0 Å². The van der Waals surface area contributed by atoms with Gasteiger partial charge in [0.1, 0.15) is 11.5 Å². The van der Waals surface area contributed by atoms with Crippen molar-refractivity contribution in [2.75, 3.05) is 19.8 Å². The standard InChI is InChI=1S/C17H30N2O2/c1-6-15-12-20-8-7-19(15)11-16-9-14(13(2)21-16)10-18-17(3,4)5/h9,15,18H,6-8,10-12H2,1-5H3. The molecule has 0 bridgehead atoms. The van der Waals surface area contributed by atoms with Crippen molar-refractivity contribution in [3.63, 3.8) is 0 Å².